The van der Waals surface area contributed by atoms with Crippen LogP contribution in [0.15, 0.2) is 36.7 Å². The summed E-state index contributed by atoms with van der Waals surface area (Å²) in [6, 6.07) is 5.46. The number of amides is 2. The van der Waals surface area contributed by atoms with Crippen molar-refractivity contribution >= 4 is 23.0 Å². The van der Waals surface area contributed by atoms with E-state index in [0.717, 1.165) is 31.4 Å². The van der Waals surface area contributed by atoms with Crippen LogP contribution in [0.2, 0.25) is 0 Å². The Labute approximate surface area is 172 Å². The third-order valence-electron chi connectivity index (χ3n) is 5.66. The van der Waals surface area contributed by atoms with Crippen molar-refractivity contribution < 1.29 is 14.0 Å². The Balaban J connectivity index is 1.30. The summed E-state index contributed by atoms with van der Waals surface area (Å²) in [7, 11) is 0. The molecule has 2 aliphatic carbocycles. The molecule has 1 atom stereocenters. The summed E-state index contributed by atoms with van der Waals surface area (Å²) in [5, 5.41) is 5.68. The number of nitrogens with one attached hydrogen (secondary N) is 3. The van der Waals surface area contributed by atoms with Crippen LogP contribution in [-0.2, 0) is 11.3 Å². The molecule has 2 amide bonds. The molecular formula is C22H22FN5O2. The van der Waals surface area contributed by atoms with E-state index < -0.39 is 6.04 Å². The van der Waals surface area contributed by atoms with Crippen LogP contribution in [-0.4, -0.2) is 32.8 Å². The third-order valence-corrected chi connectivity index (χ3v) is 5.66. The first-order chi connectivity index (χ1) is 14.6. The molecule has 2 saturated carbocycles. The fourth-order valence-corrected chi connectivity index (χ4v) is 3.65. The van der Waals surface area contributed by atoms with Gasteiger partial charge in [0.15, 0.2) is 5.65 Å². The fraction of sp³-hybridized carbons (Fsp3) is 0.364. The number of carbonyl (C=O) groups excluding carboxylic acids is 2. The molecule has 2 fully saturated rings. The van der Waals surface area contributed by atoms with Crippen molar-refractivity contribution in [3.63, 3.8) is 0 Å². The van der Waals surface area contributed by atoms with Gasteiger partial charge in [0.1, 0.15) is 17.4 Å². The van der Waals surface area contributed by atoms with Gasteiger partial charge < -0.3 is 15.6 Å². The van der Waals surface area contributed by atoms with Crippen molar-refractivity contribution in [3.05, 3.63) is 59.3 Å². The normalized spacial score (nSPS) is 17.0. The molecular weight excluding hydrogens is 385 g/mol. The summed E-state index contributed by atoms with van der Waals surface area (Å²) < 4.78 is 13.3. The lowest BCUT2D eigenvalue weighted by molar-refractivity contribution is -0.123. The molecule has 0 aliphatic heterocycles. The van der Waals surface area contributed by atoms with Crippen molar-refractivity contribution in [3.8, 4) is 0 Å². The lowest BCUT2D eigenvalue weighted by Crippen LogP contribution is -2.47. The Morgan fingerprint density at radius 1 is 1.23 bits per heavy atom. The van der Waals surface area contributed by atoms with E-state index in [2.05, 4.69) is 25.6 Å². The zero-order chi connectivity index (χ0) is 20.7. The maximum absolute atomic E-state index is 13.3. The molecule has 1 aromatic carbocycles. The number of benzene rings is 1. The van der Waals surface area contributed by atoms with Gasteiger partial charge in [0, 0.05) is 18.7 Å². The lowest BCUT2D eigenvalue weighted by atomic mass is 10.1. The molecule has 0 spiro atoms. The summed E-state index contributed by atoms with van der Waals surface area (Å²) in [5.41, 5.74) is 3.06. The molecule has 5 rings (SSSR count). The predicted molar refractivity (Wildman–Crippen MR) is 108 cm³/mol. The number of aromatic amines is 1. The summed E-state index contributed by atoms with van der Waals surface area (Å²) in [6.45, 7) is 0.207. The molecule has 2 aliphatic rings. The van der Waals surface area contributed by atoms with E-state index in [-0.39, 0.29) is 30.1 Å². The highest BCUT2D eigenvalue weighted by molar-refractivity contribution is 6.06. The Hall–Kier alpha value is -3.29. The van der Waals surface area contributed by atoms with Gasteiger partial charge in [0.2, 0.25) is 5.91 Å². The maximum atomic E-state index is 13.3. The number of H-pyrrole nitrogens is 1. The van der Waals surface area contributed by atoms with E-state index in [1.54, 1.807) is 24.5 Å². The summed E-state index contributed by atoms with van der Waals surface area (Å²) in [6.07, 6.45) is 7.31. The highest BCUT2D eigenvalue weighted by atomic mass is 19.1. The second-order valence-electron chi connectivity index (χ2n) is 8.10. The number of nitrogens with zero attached hydrogens (tertiary/aromatic N) is 2. The van der Waals surface area contributed by atoms with E-state index in [1.807, 2.05) is 0 Å². The molecule has 2 aromatic heterocycles. The monoisotopic (exact) mass is 407 g/mol. The molecule has 0 radical (unpaired) electrons. The largest absolute Gasteiger partial charge is 0.350 e. The lowest BCUT2D eigenvalue weighted by Gasteiger charge is -2.18. The number of carbonyl (C=O) groups is 2. The molecule has 0 unspecified atom stereocenters. The van der Waals surface area contributed by atoms with Crippen molar-refractivity contribution in [2.45, 2.75) is 44.2 Å². The topological polar surface area (TPSA) is 99.8 Å². The SMILES string of the molecule is O=C(N[C@@H](C(=O)NCc1cccc(F)c1)C1CC1)c1c[nH]c2ncc(C3CC3)nc12. The summed E-state index contributed by atoms with van der Waals surface area (Å²) in [4.78, 5) is 37.7. The van der Waals surface area contributed by atoms with Crippen LogP contribution < -0.4 is 10.6 Å². The van der Waals surface area contributed by atoms with Crippen LogP contribution in [0.3, 0.4) is 0 Å². The number of aromatic nitrogens is 3. The molecule has 3 aromatic rings. The average Bonchev–Trinajstić information content (AvgIpc) is 3.67. The molecule has 154 valence electrons. The van der Waals surface area contributed by atoms with E-state index in [9.17, 15) is 14.0 Å². The van der Waals surface area contributed by atoms with E-state index in [1.165, 1.54) is 12.1 Å². The van der Waals surface area contributed by atoms with Crippen molar-refractivity contribution in [2.24, 2.45) is 5.92 Å². The second-order valence-corrected chi connectivity index (χ2v) is 8.10. The molecule has 0 saturated heterocycles. The van der Waals surface area contributed by atoms with Gasteiger partial charge in [-0.15, -0.1) is 0 Å². The smallest absolute Gasteiger partial charge is 0.255 e. The molecule has 0 bridgehead atoms. The van der Waals surface area contributed by atoms with E-state index in [0.29, 0.717) is 28.2 Å². The zero-order valence-corrected chi connectivity index (χ0v) is 16.3. The van der Waals surface area contributed by atoms with Gasteiger partial charge >= 0.3 is 0 Å². The minimum atomic E-state index is -0.629. The Morgan fingerprint density at radius 2 is 2.07 bits per heavy atom. The second kappa shape index (κ2) is 7.51. The number of fused-ring (bicyclic) bond motifs is 1. The third kappa shape index (κ3) is 3.90. The average molecular weight is 407 g/mol. The van der Waals surface area contributed by atoms with E-state index in [4.69, 9.17) is 0 Å². The molecule has 3 N–H and O–H groups in total. The molecule has 30 heavy (non-hydrogen) atoms. The van der Waals surface area contributed by atoms with Crippen LogP contribution in [0.4, 0.5) is 4.39 Å². The molecule has 2 heterocycles. The standard InChI is InChI=1S/C22H22FN5O2/c23-15-3-1-2-12(8-15)9-26-22(30)18(14-6-7-14)28-21(29)16-10-24-20-19(16)27-17(11-25-20)13-4-5-13/h1-3,8,10-11,13-14,18H,4-7,9H2,(H,24,25)(H,26,30)(H,28,29)/t18-/m1/s1. The van der Waals surface area contributed by atoms with Crippen LogP contribution in [0.1, 0.15) is 53.2 Å². The minimum Gasteiger partial charge on any atom is -0.350 e. The summed E-state index contributed by atoms with van der Waals surface area (Å²) in [5.74, 6) is -0.416. The number of hydrogen-bond acceptors (Lipinski definition) is 4. The zero-order valence-electron chi connectivity index (χ0n) is 16.3. The van der Waals surface area contributed by atoms with Crippen molar-refractivity contribution in [1.82, 2.24) is 25.6 Å². The minimum absolute atomic E-state index is 0.111. The molecule has 8 heteroatoms. The van der Waals surface area contributed by atoms with Crippen molar-refractivity contribution in [2.75, 3.05) is 0 Å². The first kappa shape index (κ1) is 18.7. The number of halogens is 1. The van der Waals surface area contributed by atoms with Gasteiger partial charge in [-0.25, -0.2) is 14.4 Å². The summed E-state index contributed by atoms with van der Waals surface area (Å²) >= 11 is 0. The van der Waals surface area contributed by atoms with Crippen LogP contribution in [0.25, 0.3) is 11.2 Å². The van der Waals surface area contributed by atoms with Gasteiger partial charge in [0.05, 0.1) is 17.5 Å². The number of rotatable bonds is 7. The van der Waals surface area contributed by atoms with Gasteiger partial charge in [0.25, 0.3) is 5.91 Å². The predicted octanol–water partition coefficient (Wildman–Crippen LogP) is 2.80. The van der Waals surface area contributed by atoms with Gasteiger partial charge in [-0.1, -0.05) is 12.1 Å². The Kier molecular flexibility index (Phi) is 4.69. The maximum Gasteiger partial charge on any atom is 0.255 e. The Morgan fingerprint density at radius 3 is 2.80 bits per heavy atom. The van der Waals surface area contributed by atoms with E-state index >= 15 is 0 Å². The first-order valence-corrected chi connectivity index (χ1v) is 10.3. The van der Waals surface area contributed by atoms with Gasteiger partial charge in [-0.2, -0.15) is 0 Å². The number of hydrogen-bond donors (Lipinski definition) is 3. The quantitative estimate of drug-likeness (QED) is 0.561. The van der Waals surface area contributed by atoms with Crippen LogP contribution >= 0.6 is 0 Å². The van der Waals surface area contributed by atoms with Gasteiger partial charge in [-0.3, -0.25) is 9.59 Å². The fourth-order valence-electron chi connectivity index (χ4n) is 3.65. The Bertz CT molecular complexity index is 1120. The highest BCUT2D eigenvalue weighted by Crippen LogP contribution is 2.39. The van der Waals surface area contributed by atoms with Gasteiger partial charge in [-0.05, 0) is 49.3 Å². The van der Waals surface area contributed by atoms with Crippen molar-refractivity contribution in [1.29, 1.82) is 0 Å². The van der Waals surface area contributed by atoms with Crippen LogP contribution in [0.5, 0.6) is 0 Å². The van der Waals surface area contributed by atoms with Crippen LogP contribution in [0, 0.1) is 11.7 Å². The molecule has 7 nitrogen and oxygen atoms in total. The first-order valence-electron chi connectivity index (χ1n) is 10.3. The highest BCUT2D eigenvalue weighted by Gasteiger charge is 2.37.